The van der Waals surface area contributed by atoms with Gasteiger partial charge in [-0.05, 0) is 30.3 Å². The Labute approximate surface area is 96.1 Å². The van der Waals surface area contributed by atoms with E-state index in [-0.39, 0.29) is 11.7 Å². The number of aromatic nitrogens is 2. The molecule has 0 bridgehead atoms. The smallest absolute Gasteiger partial charge is 0.387 e. The normalized spacial score (nSPS) is 10.5. The van der Waals surface area contributed by atoms with E-state index in [0.717, 1.165) is 5.56 Å². The van der Waals surface area contributed by atoms with Gasteiger partial charge in [-0.25, -0.2) is 9.97 Å². The lowest BCUT2D eigenvalue weighted by atomic mass is 10.1. The van der Waals surface area contributed by atoms with Crippen LogP contribution in [-0.4, -0.2) is 16.6 Å². The Morgan fingerprint density at radius 2 is 1.82 bits per heavy atom. The maximum absolute atomic E-state index is 11.9. The van der Waals surface area contributed by atoms with E-state index in [4.69, 9.17) is 5.73 Å². The van der Waals surface area contributed by atoms with E-state index in [1.165, 1.54) is 18.3 Å². The van der Waals surface area contributed by atoms with Crippen molar-refractivity contribution < 1.29 is 13.5 Å². The van der Waals surface area contributed by atoms with Crippen LogP contribution >= 0.6 is 0 Å². The molecule has 88 valence electrons. The van der Waals surface area contributed by atoms with Gasteiger partial charge >= 0.3 is 6.61 Å². The Hall–Kier alpha value is -2.24. The molecular formula is C11H9F2N3O. The third-order valence-electron chi connectivity index (χ3n) is 2.05. The van der Waals surface area contributed by atoms with Gasteiger partial charge in [-0.15, -0.1) is 0 Å². The van der Waals surface area contributed by atoms with Gasteiger partial charge in [0.2, 0.25) is 5.95 Å². The highest BCUT2D eigenvalue weighted by molar-refractivity contribution is 5.60. The number of nitrogens with two attached hydrogens (primary N) is 1. The van der Waals surface area contributed by atoms with E-state index in [1.54, 1.807) is 18.2 Å². The standard InChI is InChI=1S/C11H9F2N3O/c12-10(13)17-8-3-1-7(2-4-8)9-5-6-15-11(14)16-9/h1-6,10H,(H2,14,15,16). The van der Waals surface area contributed by atoms with Gasteiger partial charge < -0.3 is 10.5 Å². The van der Waals surface area contributed by atoms with Crippen LogP contribution in [0.25, 0.3) is 11.3 Å². The fraction of sp³-hybridized carbons (Fsp3) is 0.0909. The minimum Gasteiger partial charge on any atom is -0.435 e. The number of hydrogen-bond donors (Lipinski definition) is 1. The summed E-state index contributed by atoms with van der Waals surface area (Å²) in [5, 5.41) is 0. The fourth-order valence-electron chi connectivity index (χ4n) is 1.34. The van der Waals surface area contributed by atoms with Gasteiger partial charge in [-0.2, -0.15) is 8.78 Å². The highest BCUT2D eigenvalue weighted by Gasteiger charge is 2.05. The molecule has 0 aliphatic heterocycles. The summed E-state index contributed by atoms with van der Waals surface area (Å²) in [6.45, 7) is -2.82. The van der Waals surface area contributed by atoms with Crippen molar-refractivity contribution in [1.82, 2.24) is 9.97 Å². The molecular weight excluding hydrogens is 228 g/mol. The van der Waals surface area contributed by atoms with Crippen LogP contribution in [-0.2, 0) is 0 Å². The van der Waals surface area contributed by atoms with Crippen molar-refractivity contribution in [1.29, 1.82) is 0 Å². The second-order valence-electron chi connectivity index (χ2n) is 3.20. The Bertz CT molecular complexity index is 502. The number of hydrogen-bond acceptors (Lipinski definition) is 4. The van der Waals surface area contributed by atoms with E-state index >= 15 is 0 Å². The molecule has 1 heterocycles. The van der Waals surface area contributed by atoms with Gasteiger partial charge in [-0.3, -0.25) is 0 Å². The molecule has 2 rings (SSSR count). The molecule has 0 atom stereocenters. The lowest BCUT2D eigenvalue weighted by Gasteiger charge is -2.05. The molecule has 17 heavy (non-hydrogen) atoms. The van der Waals surface area contributed by atoms with Crippen LogP contribution in [0.1, 0.15) is 0 Å². The predicted molar refractivity (Wildman–Crippen MR) is 58.5 cm³/mol. The maximum Gasteiger partial charge on any atom is 0.387 e. The SMILES string of the molecule is Nc1nccc(-c2ccc(OC(F)F)cc2)n1. The van der Waals surface area contributed by atoms with E-state index in [9.17, 15) is 8.78 Å². The first kappa shape index (κ1) is 11.3. The molecule has 0 aliphatic rings. The summed E-state index contributed by atoms with van der Waals surface area (Å²) >= 11 is 0. The molecule has 0 saturated carbocycles. The summed E-state index contributed by atoms with van der Waals surface area (Å²) in [6.07, 6.45) is 1.53. The Kier molecular flexibility index (Phi) is 3.13. The maximum atomic E-state index is 11.9. The molecule has 1 aromatic carbocycles. The van der Waals surface area contributed by atoms with E-state index in [2.05, 4.69) is 14.7 Å². The quantitative estimate of drug-likeness (QED) is 0.889. The van der Waals surface area contributed by atoms with Gasteiger partial charge in [0.15, 0.2) is 0 Å². The Morgan fingerprint density at radius 3 is 2.41 bits per heavy atom. The van der Waals surface area contributed by atoms with Gasteiger partial charge in [0, 0.05) is 11.8 Å². The van der Waals surface area contributed by atoms with Crippen molar-refractivity contribution in [2.75, 3.05) is 5.73 Å². The van der Waals surface area contributed by atoms with Gasteiger partial charge in [0.05, 0.1) is 5.69 Å². The first-order valence-electron chi connectivity index (χ1n) is 4.79. The number of halogens is 2. The minimum absolute atomic E-state index is 0.103. The average molecular weight is 237 g/mol. The van der Waals surface area contributed by atoms with Crippen molar-refractivity contribution >= 4 is 5.95 Å². The van der Waals surface area contributed by atoms with E-state index in [1.807, 2.05) is 0 Å². The predicted octanol–water partition coefficient (Wildman–Crippen LogP) is 2.33. The molecule has 0 saturated heterocycles. The second kappa shape index (κ2) is 4.73. The van der Waals surface area contributed by atoms with Crippen LogP contribution in [0.3, 0.4) is 0 Å². The van der Waals surface area contributed by atoms with E-state index < -0.39 is 6.61 Å². The molecule has 2 aromatic rings. The number of anilines is 1. The third kappa shape index (κ3) is 2.87. The summed E-state index contributed by atoms with van der Waals surface area (Å²) in [5.74, 6) is 0.265. The molecule has 1 aromatic heterocycles. The summed E-state index contributed by atoms with van der Waals surface area (Å²) < 4.78 is 28.1. The van der Waals surface area contributed by atoms with Gasteiger partial charge in [0.1, 0.15) is 5.75 Å². The second-order valence-corrected chi connectivity index (χ2v) is 3.20. The van der Waals surface area contributed by atoms with Crippen LogP contribution in [0, 0.1) is 0 Å². The van der Waals surface area contributed by atoms with E-state index in [0.29, 0.717) is 5.69 Å². The van der Waals surface area contributed by atoms with Crippen molar-refractivity contribution in [2.24, 2.45) is 0 Å². The largest absolute Gasteiger partial charge is 0.435 e. The molecule has 0 amide bonds. The Balaban J connectivity index is 2.23. The first-order chi connectivity index (χ1) is 8.15. The molecule has 6 heteroatoms. The Morgan fingerprint density at radius 1 is 1.12 bits per heavy atom. The minimum atomic E-state index is -2.82. The van der Waals surface area contributed by atoms with Crippen molar-refractivity contribution in [3.05, 3.63) is 36.5 Å². The van der Waals surface area contributed by atoms with Crippen LogP contribution in [0.15, 0.2) is 36.5 Å². The number of nitrogen functional groups attached to an aromatic ring is 1. The number of alkyl halides is 2. The number of ether oxygens (including phenoxy) is 1. The summed E-state index contributed by atoms with van der Waals surface area (Å²) in [4.78, 5) is 7.78. The highest BCUT2D eigenvalue weighted by Crippen LogP contribution is 2.21. The van der Waals surface area contributed by atoms with Crippen LogP contribution in [0.4, 0.5) is 14.7 Å². The summed E-state index contributed by atoms with van der Waals surface area (Å²) in [6, 6.07) is 7.82. The lowest BCUT2D eigenvalue weighted by molar-refractivity contribution is -0.0498. The molecule has 0 radical (unpaired) electrons. The monoisotopic (exact) mass is 237 g/mol. The number of rotatable bonds is 3. The number of benzene rings is 1. The van der Waals surface area contributed by atoms with Crippen LogP contribution in [0.2, 0.25) is 0 Å². The molecule has 4 nitrogen and oxygen atoms in total. The zero-order chi connectivity index (χ0) is 12.3. The highest BCUT2D eigenvalue weighted by atomic mass is 19.3. The van der Waals surface area contributed by atoms with Crippen LogP contribution in [0.5, 0.6) is 5.75 Å². The lowest BCUT2D eigenvalue weighted by Crippen LogP contribution is -2.01. The third-order valence-corrected chi connectivity index (χ3v) is 2.05. The van der Waals surface area contributed by atoms with Crippen molar-refractivity contribution in [3.8, 4) is 17.0 Å². The molecule has 0 fully saturated rings. The van der Waals surface area contributed by atoms with Crippen molar-refractivity contribution in [3.63, 3.8) is 0 Å². The van der Waals surface area contributed by atoms with Gasteiger partial charge in [0.25, 0.3) is 0 Å². The molecule has 2 N–H and O–H groups in total. The van der Waals surface area contributed by atoms with Gasteiger partial charge in [-0.1, -0.05) is 0 Å². The molecule has 0 spiro atoms. The molecule has 0 unspecified atom stereocenters. The van der Waals surface area contributed by atoms with Crippen LogP contribution < -0.4 is 10.5 Å². The zero-order valence-electron chi connectivity index (χ0n) is 8.68. The first-order valence-corrected chi connectivity index (χ1v) is 4.79. The topological polar surface area (TPSA) is 61.0 Å². The van der Waals surface area contributed by atoms with Crippen molar-refractivity contribution in [2.45, 2.75) is 6.61 Å². The average Bonchev–Trinajstić information content (AvgIpc) is 2.29. The molecule has 0 aliphatic carbocycles. The summed E-state index contributed by atoms with van der Waals surface area (Å²) in [5.41, 5.74) is 6.82. The number of nitrogens with zero attached hydrogens (tertiary/aromatic N) is 2. The zero-order valence-corrected chi connectivity index (χ0v) is 8.68. The summed E-state index contributed by atoms with van der Waals surface area (Å²) in [7, 11) is 0. The fourth-order valence-corrected chi connectivity index (χ4v) is 1.34.